The molecule has 0 atom stereocenters. The van der Waals surface area contributed by atoms with Crippen molar-refractivity contribution in [3.05, 3.63) is 48.2 Å². The lowest BCUT2D eigenvalue weighted by molar-refractivity contribution is 0.0944. The number of ether oxygens (including phenoxy) is 2. The number of hydrogen-bond donors (Lipinski definition) is 2. The molecule has 2 aromatic rings. The Labute approximate surface area is 177 Å². The number of carbonyl (C=O) groups excluding carboxylic acids is 1. The predicted octanol–water partition coefficient (Wildman–Crippen LogP) is 3.67. The Balaban J connectivity index is 1.17. The second-order valence-electron chi connectivity index (χ2n) is 8.10. The summed E-state index contributed by atoms with van der Waals surface area (Å²) in [6.07, 6.45) is 6.93. The van der Waals surface area contributed by atoms with Gasteiger partial charge in [-0.05, 0) is 61.4 Å². The second-order valence-corrected chi connectivity index (χ2v) is 8.10. The molecule has 0 radical (unpaired) electrons. The average Bonchev–Trinajstić information content (AvgIpc) is 3.59. The van der Waals surface area contributed by atoms with Gasteiger partial charge in [0, 0.05) is 44.1 Å². The number of amides is 2. The van der Waals surface area contributed by atoms with Crippen LogP contribution in [0.1, 0.15) is 31.2 Å². The third kappa shape index (κ3) is 6.10. The quantitative estimate of drug-likeness (QED) is 0.695. The van der Waals surface area contributed by atoms with Crippen LogP contribution in [0.15, 0.2) is 42.6 Å². The fraction of sp³-hybridized carbons (Fsp3) is 0.478. The van der Waals surface area contributed by atoms with E-state index in [4.69, 9.17) is 9.47 Å². The van der Waals surface area contributed by atoms with Gasteiger partial charge in [-0.3, -0.25) is 0 Å². The highest BCUT2D eigenvalue weighted by atomic mass is 16.5. The van der Waals surface area contributed by atoms with E-state index in [9.17, 15) is 4.79 Å². The standard InChI is InChI=1S/C23H30N4O3/c1-29-20-7-5-19(6-8-20)26-23(28)25-15-18-4-9-22(24-14-18)30-21-10-12-27(13-11-21)16-17-2-3-17/h4-9,14,17,21H,2-3,10-13,15-16H2,1H3,(H2,25,26,28). The summed E-state index contributed by atoms with van der Waals surface area (Å²) < 4.78 is 11.2. The number of urea groups is 1. The fourth-order valence-corrected chi connectivity index (χ4v) is 3.66. The van der Waals surface area contributed by atoms with Crippen molar-refractivity contribution >= 4 is 11.7 Å². The average molecular weight is 411 g/mol. The number of hydrogen-bond acceptors (Lipinski definition) is 5. The molecule has 0 bridgehead atoms. The maximum atomic E-state index is 12.1. The number of likely N-dealkylation sites (tertiary alicyclic amines) is 1. The van der Waals surface area contributed by atoms with Crippen LogP contribution in [0.2, 0.25) is 0 Å². The Morgan fingerprint density at radius 2 is 1.87 bits per heavy atom. The molecule has 160 valence electrons. The highest BCUT2D eigenvalue weighted by molar-refractivity contribution is 5.89. The number of nitrogens with zero attached hydrogens (tertiary/aromatic N) is 2. The molecule has 7 nitrogen and oxygen atoms in total. The Morgan fingerprint density at radius 1 is 1.10 bits per heavy atom. The van der Waals surface area contributed by atoms with Gasteiger partial charge in [-0.15, -0.1) is 0 Å². The minimum Gasteiger partial charge on any atom is -0.497 e. The maximum absolute atomic E-state index is 12.1. The number of methoxy groups -OCH3 is 1. The summed E-state index contributed by atoms with van der Waals surface area (Å²) in [6.45, 7) is 3.90. The Morgan fingerprint density at radius 3 is 2.50 bits per heavy atom. The molecule has 1 saturated heterocycles. The van der Waals surface area contributed by atoms with Gasteiger partial charge >= 0.3 is 6.03 Å². The third-order valence-electron chi connectivity index (χ3n) is 5.63. The van der Waals surface area contributed by atoms with Crippen LogP contribution in [-0.4, -0.2) is 48.8 Å². The van der Waals surface area contributed by atoms with Crippen molar-refractivity contribution < 1.29 is 14.3 Å². The Kier molecular flexibility index (Phi) is 6.69. The van der Waals surface area contributed by atoms with Crippen molar-refractivity contribution in [3.63, 3.8) is 0 Å². The summed E-state index contributed by atoms with van der Waals surface area (Å²) in [4.78, 5) is 19.0. The van der Waals surface area contributed by atoms with E-state index in [-0.39, 0.29) is 12.1 Å². The minimum atomic E-state index is -0.265. The highest BCUT2D eigenvalue weighted by Gasteiger charge is 2.27. The van der Waals surface area contributed by atoms with Crippen molar-refractivity contribution in [3.8, 4) is 11.6 Å². The lowest BCUT2D eigenvalue weighted by Crippen LogP contribution is -2.39. The second kappa shape index (κ2) is 9.80. The molecule has 30 heavy (non-hydrogen) atoms. The van der Waals surface area contributed by atoms with E-state index in [1.54, 1.807) is 37.6 Å². The van der Waals surface area contributed by atoms with Gasteiger partial charge in [0.05, 0.1) is 7.11 Å². The van der Waals surface area contributed by atoms with Gasteiger partial charge in [-0.2, -0.15) is 0 Å². The first-order valence-electron chi connectivity index (χ1n) is 10.7. The van der Waals surface area contributed by atoms with Gasteiger partial charge in [-0.1, -0.05) is 6.07 Å². The van der Waals surface area contributed by atoms with Crippen LogP contribution in [0.3, 0.4) is 0 Å². The topological polar surface area (TPSA) is 75.7 Å². The van der Waals surface area contributed by atoms with Crippen molar-refractivity contribution in [2.45, 2.75) is 38.3 Å². The summed E-state index contributed by atoms with van der Waals surface area (Å²) >= 11 is 0. The van der Waals surface area contributed by atoms with Crippen molar-refractivity contribution in [2.24, 2.45) is 5.92 Å². The number of pyridine rings is 1. The van der Waals surface area contributed by atoms with Gasteiger partial charge in [0.1, 0.15) is 11.9 Å². The van der Waals surface area contributed by atoms with E-state index in [1.807, 2.05) is 12.1 Å². The van der Waals surface area contributed by atoms with E-state index < -0.39 is 0 Å². The number of piperidine rings is 1. The molecular formula is C23H30N4O3. The third-order valence-corrected chi connectivity index (χ3v) is 5.63. The SMILES string of the molecule is COc1ccc(NC(=O)NCc2ccc(OC3CCN(CC4CC4)CC3)nc2)cc1. The van der Waals surface area contributed by atoms with Crippen LogP contribution in [0, 0.1) is 5.92 Å². The molecule has 0 spiro atoms. The van der Waals surface area contributed by atoms with E-state index in [1.165, 1.54) is 19.4 Å². The summed E-state index contributed by atoms with van der Waals surface area (Å²) in [5.41, 5.74) is 1.63. The lowest BCUT2D eigenvalue weighted by atomic mass is 10.1. The smallest absolute Gasteiger partial charge is 0.319 e. The summed E-state index contributed by atoms with van der Waals surface area (Å²) in [6, 6.07) is 10.8. The number of nitrogens with one attached hydrogen (secondary N) is 2. The van der Waals surface area contributed by atoms with Crippen LogP contribution in [0.5, 0.6) is 11.6 Å². The van der Waals surface area contributed by atoms with Gasteiger partial charge in [0.2, 0.25) is 5.88 Å². The molecule has 1 aromatic carbocycles. The van der Waals surface area contributed by atoms with Crippen molar-refractivity contribution in [1.82, 2.24) is 15.2 Å². The molecule has 2 heterocycles. The van der Waals surface area contributed by atoms with E-state index in [2.05, 4.69) is 20.5 Å². The van der Waals surface area contributed by atoms with Gasteiger partial charge in [0.15, 0.2) is 0 Å². The van der Waals surface area contributed by atoms with Crippen molar-refractivity contribution in [2.75, 3.05) is 32.1 Å². The fourth-order valence-electron chi connectivity index (χ4n) is 3.66. The molecule has 2 N–H and O–H groups in total. The van der Waals surface area contributed by atoms with Crippen LogP contribution in [-0.2, 0) is 6.54 Å². The van der Waals surface area contributed by atoms with E-state index >= 15 is 0 Å². The normalized spacial score (nSPS) is 17.4. The minimum absolute atomic E-state index is 0.243. The number of aromatic nitrogens is 1. The highest BCUT2D eigenvalue weighted by Crippen LogP contribution is 2.30. The monoisotopic (exact) mass is 410 g/mol. The van der Waals surface area contributed by atoms with Gasteiger partial charge in [-0.25, -0.2) is 9.78 Å². The molecule has 0 unspecified atom stereocenters. The largest absolute Gasteiger partial charge is 0.497 e. The summed E-state index contributed by atoms with van der Waals surface area (Å²) in [7, 11) is 1.61. The zero-order chi connectivity index (χ0) is 20.8. The molecule has 1 aliphatic heterocycles. The molecule has 1 aromatic heterocycles. The summed E-state index contributed by atoms with van der Waals surface area (Å²) in [5, 5.41) is 5.63. The molecule has 2 amide bonds. The van der Waals surface area contributed by atoms with Gasteiger partial charge in [0.25, 0.3) is 0 Å². The molecule has 1 saturated carbocycles. The molecular weight excluding hydrogens is 380 g/mol. The molecule has 2 aliphatic rings. The molecule has 1 aliphatic carbocycles. The molecule has 2 fully saturated rings. The van der Waals surface area contributed by atoms with Crippen LogP contribution in [0.4, 0.5) is 10.5 Å². The van der Waals surface area contributed by atoms with Gasteiger partial charge < -0.3 is 25.0 Å². The lowest BCUT2D eigenvalue weighted by Gasteiger charge is -2.31. The Bertz CT molecular complexity index is 813. The first kappa shape index (κ1) is 20.5. The molecule has 7 heteroatoms. The molecule has 4 rings (SSSR count). The first-order chi connectivity index (χ1) is 14.7. The van der Waals surface area contributed by atoms with Crippen LogP contribution >= 0.6 is 0 Å². The van der Waals surface area contributed by atoms with E-state index in [0.717, 1.165) is 43.2 Å². The first-order valence-corrected chi connectivity index (χ1v) is 10.7. The number of carbonyl (C=O) groups is 1. The van der Waals surface area contributed by atoms with E-state index in [0.29, 0.717) is 18.1 Å². The Hall–Kier alpha value is -2.80. The zero-order valence-electron chi connectivity index (χ0n) is 17.5. The predicted molar refractivity (Wildman–Crippen MR) is 116 cm³/mol. The zero-order valence-corrected chi connectivity index (χ0v) is 17.5. The van der Waals surface area contributed by atoms with Crippen molar-refractivity contribution in [1.29, 1.82) is 0 Å². The van der Waals surface area contributed by atoms with Crippen LogP contribution in [0.25, 0.3) is 0 Å². The number of benzene rings is 1. The summed E-state index contributed by atoms with van der Waals surface area (Å²) in [5.74, 6) is 2.35. The maximum Gasteiger partial charge on any atom is 0.319 e. The van der Waals surface area contributed by atoms with Crippen LogP contribution < -0.4 is 20.1 Å². The number of anilines is 1. The number of rotatable bonds is 8.